The third-order valence-corrected chi connectivity index (χ3v) is 8.38. The van der Waals surface area contributed by atoms with Gasteiger partial charge in [0, 0.05) is 12.5 Å². The average Bonchev–Trinajstić information content (AvgIpc) is 2.28. The van der Waals surface area contributed by atoms with E-state index in [4.69, 9.17) is 8.61 Å². The van der Waals surface area contributed by atoms with Gasteiger partial charge in [0.2, 0.25) is 0 Å². The summed E-state index contributed by atoms with van der Waals surface area (Å²) in [6.45, 7) is 9.29. The Labute approximate surface area is 107 Å². The fourth-order valence-corrected chi connectivity index (χ4v) is 4.89. The molecule has 0 bridgehead atoms. The van der Waals surface area contributed by atoms with Crippen LogP contribution in [-0.4, -0.2) is 36.2 Å². The second-order valence-corrected chi connectivity index (χ2v) is 11.1. The fourth-order valence-electron chi connectivity index (χ4n) is 1.66. The van der Waals surface area contributed by atoms with Crippen LogP contribution in [0, 0.1) is 5.92 Å². The average molecular weight is 282 g/mol. The zero-order valence-corrected chi connectivity index (χ0v) is 13.5. The Bertz CT molecular complexity index is 290. The minimum absolute atomic E-state index is 0.112. The van der Waals surface area contributed by atoms with Crippen molar-refractivity contribution in [1.82, 2.24) is 0 Å². The van der Waals surface area contributed by atoms with E-state index in [1.54, 1.807) is 0 Å². The third-order valence-electron chi connectivity index (χ3n) is 3.17. The third kappa shape index (κ3) is 7.18. The van der Waals surface area contributed by atoms with Gasteiger partial charge in [-0.15, -0.1) is 0 Å². The second-order valence-electron chi connectivity index (χ2n) is 4.65. The standard InChI is InChI=1S/C11H26O4SSi/c1-6-17(7-2,8-3)15-10-11(4)9-14-16(5,12)13/h11H,6-10H2,1-5H3/t11-/m0/s1. The maximum absolute atomic E-state index is 10.9. The van der Waals surface area contributed by atoms with E-state index in [0.717, 1.165) is 24.4 Å². The van der Waals surface area contributed by atoms with Gasteiger partial charge in [-0.2, -0.15) is 8.42 Å². The molecule has 0 amide bonds. The van der Waals surface area contributed by atoms with Crippen molar-refractivity contribution in [1.29, 1.82) is 0 Å². The van der Waals surface area contributed by atoms with Gasteiger partial charge in [-0.3, -0.25) is 4.18 Å². The van der Waals surface area contributed by atoms with Crippen molar-refractivity contribution < 1.29 is 17.0 Å². The molecule has 0 aromatic rings. The van der Waals surface area contributed by atoms with Crippen molar-refractivity contribution in [3.8, 4) is 0 Å². The van der Waals surface area contributed by atoms with E-state index in [-0.39, 0.29) is 12.5 Å². The molecule has 17 heavy (non-hydrogen) atoms. The number of hydrogen-bond donors (Lipinski definition) is 0. The molecule has 0 N–H and O–H groups in total. The van der Waals surface area contributed by atoms with Crippen molar-refractivity contribution in [2.24, 2.45) is 5.92 Å². The van der Waals surface area contributed by atoms with Gasteiger partial charge in [-0.05, 0) is 18.1 Å². The molecular weight excluding hydrogens is 256 g/mol. The molecule has 0 heterocycles. The van der Waals surface area contributed by atoms with Crippen LogP contribution >= 0.6 is 0 Å². The molecule has 6 heteroatoms. The summed E-state index contributed by atoms with van der Waals surface area (Å²) in [5.41, 5.74) is 0. The molecule has 0 aromatic carbocycles. The number of rotatable bonds is 9. The van der Waals surface area contributed by atoms with Crippen LogP contribution in [0.15, 0.2) is 0 Å². The van der Waals surface area contributed by atoms with Gasteiger partial charge >= 0.3 is 0 Å². The van der Waals surface area contributed by atoms with Gasteiger partial charge in [0.1, 0.15) is 0 Å². The first-order valence-electron chi connectivity index (χ1n) is 6.27. The molecule has 0 aromatic heterocycles. The Balaban J connectivity index is 4.09. The molecule has 0 rings (SSSR count). The predicted octanol–water partition coefficient (Wildman–Crippen LogP) is 2.62. The summed E-state index contributed by atoms with van der Waals surface area (Å²) in [5, 5.41) is 0. The molecule has 0 radical (unpaired) electrons. The van der Waals surface area contributed by atoms with Gasteiger partial charge < -0.3 is 4.43 Å². The lowest BCUT2D eigenvalue weighted by molar-refractivity contribution is 0.185. The Morgan fingerprint density at radius 2 is 1.53 bits per heavy atom. The van der Waals surface area contributed by atoms with Crippen LogP contribution in [0.2, 0.25) is 18.1 Å². The molecule has 0 aliphatic carbocycles. The highest BCUT2D eigenvalue weighted by Gasteiger charge is 2.29. The molecule has 0 fully saturated rings. The molecule has 4 nitrogen and oxygen atoms in total. The van der Waals surface area contributed by atoms with Crippen LogP contribution in [-0.2, 0) is 18.7 Å². The topological polar surface area (TPSA) is 52.6 Å². The summed E-state index contributed by atoms with van der Waals surface area (Å²) in [6.07, 6.45) is 1.07. The van der Waals surface area contributed by atoms with Gasteiger partial charge in [0.15, 0.2) is 8.32 Å². The summed E-state index contributed by atoms with van der Waals surface area (Å²) in [5.74, 6) is 0.112. The van der Waals surface area contributed by atoms with E-state index in [1.165, 1.54) is 0 Å². The minimum atomic E-state index is -3.33. The van der Waals surface area contributed by atoms with Crippen LogP contribution in [0.3, 0.4) is 0 Å². The van der Waals surface area contributed by atoms with Crippen molar-refractivity contribution in [3.63, 3.8) is 0 Å². The molecule has 0 spiro atoms. The highest BCUT2D eigenvalue weighted by molar-refractivity contribution is 7.85. The normalized spacial score (nSPS) is 14.9. The minimum Gasteiger partial charge on any atom is -0.416 e. The second kappa shape index (κ2) is 7.51. The molecule has 1 atom stereocenters. The quantitative estimate of drug-likeness (QED) is 0.482. The van der Waals surface area contributed by atoms with Crippen LogP contribution in [0.4, 0.5) is 0 Å². The lowest BCUT2D eigenvalue weighted by atomic mass is 10.2. The molecule has 104 valence electrons. The van der Waals surface area contributed by atoms with Crippen LogP contribution in [0.5, 0.6) is 0 Å². The first-order chi connectivity index (χ1) is 7.78. The lowest BCUT2D eigenvalue weighted by Crippen LogP contribution is -2.37. The SMILES string of the molecule is CC[Si](CC)(CC)OC[C@@H](C)COS(C)(=O)=O. The Kier molecular flexibility index (Phi) is 7.54. The predicted molar refractivity (Wildman–Crippen MR) is 73.1 cm³/mol. The smallest absolute Gasteiger partial charge is 0.264 e. The Morgan fingerprint density at radius 1 is 1.06 bits per heavy atom. The maximum Gasteiger partial charge on any atom is 0.264 e. The van der Waals surface area contributed by atoms with Gasteiger partial charge in [0.25, 0.3) is 10.1 Å². The molecule has 0 aliphatic heterocycles. The van der Waals surface area contributed by atoms with Crippen LogP contribution < -0.4 is 0 Å². The fraction of sp³-hybridized carbons (Fsp3) is 1.00. The lowest BCUT2D eigenvalue weighted by Gasteiger charge is -2.29. The molecule has 0 unspecified atom stereocenters. The summed E-state index contributed by atoms with van der Waals surface area (Å²) in [4.78, 5) is 0. The van der Waals surface area contributed by atoms with E-state index in [1.807, 2.05) is 6.92 Å². The number of hydrogen-bond acceptors (Lipinski definition) is 4. The largest absolute Gasteiger partial charge is 0.416 e. The van der Waals surface area contributed by atoms with Crippen LogP contribution in [0.1, 0.15) is 27.7 Å². The van der Waals surface area contributed by atoms with E-state index in [2.05, 4.69) is 20.8 Å². The van der Waals surface area contributed by atoms with E-state index < -0.39 is 18.4 Å². The van der Waals surface area contributed by atoms with E-state index >= 15 is 0 Å². The van der Waals surface area contributed by atoms with E-state index in [0.29, 0.717) is 6.61 Å². The van der Waals surface area contributed by atoms with Crippen molar-refractivity contribution in [2.45, 2.75) is 45.8 Å². The highest BCUT2D eigenvalue weighted by atomic mass is 32.2. The molecule has 0 saturated carbocycles. The van der Waals surface area contributed by atoms with Crippen molar-refractivity contribution in [2.75, 3.05) is 19.5 Å². The first kappa shape index (κ1) is 17.1. The Morgan fingerprint density at radius 3 is 1.88 bits per heavy atom. The van der Waals surface area contributed by atoms with Gasteiger partial charge in [-0.1, -0.05) is 27.7 Å². The molecule has 0 saturated heterocycles. The van der Waals surface area contributed by atoms with Crippen LogP contribution in [0.25, 0.3) is 0 Å². The monoisotopic (exact) mass is 282 g/mol. The molecular formula is C11H26O4SSi. The zero-order valence-electron chi connectivity index (χ0n) is 11.7. The summed E-state index contributed by atoms with van der Waals surface area (Å²) in [6, 6.07) is 3.33. The molecule has 0 aliphatic rings. The maximum atomic E-state index is 10.9. The van der Waals surface area contributed by atoms with E-state index in [9.17, 15) is 8.42 Å². The van der Waals surface area contributed by atoms with Crippen molar-refractivity contribution >= 4 is 18.4 Å². The summed E-state index contributed by atoms with van der Waals surface area (Å²) < 4.78 is 32.5. The van der Waals surface area contributed by atoms with Gasteiger partial charge in [-0.25, -0.2) is 0 Å². The highest BCUT2D eigenvalue weighted by Crippen LogP contribution is 2.22. The zero-order chi connectivity index (χ0) is 13.5. The van der Waals surface area contributed by atoms with Crippen molar-refractivity contribution in [3.05, 3.63) is 0 Å². The first-order valence-corrected chi connectivity index (χ1v) is 10.6. The Hall–Kier alpha value is 0.0869. The van der Waals surface area contributed by atoms with Gasteiger partial charge in [0.05, 0.1) is 12.9 Å². The summed E-state index contributed by atoms with van der Waals surface area (Å²) >= 11 is 0. The summed E-state index contributed by atoms with van der Waals surface area (Å²) in [7, 11) is -4.89.